The maximum atomic E-state index is 12.6. The molecule has 0 saturated carbocycles. The standard InChI is InChI=1S/C15H12BrNO2S2/c16-14-6-5-13(19-14)15(18)17(9-11-3-1-7-20-11)10-12-4-2-8-21-12/h1-8H,9-10H2. The van der Waals surface area contributed by atoms with Gasteiger partial charge in [-0.1, -0.05) is 12.1 Å². The van der Waals surface area contributed by atoms with E-state index in [9.17, 15) is 4.79 Å². The van der Waals surface area contributed by atoms with Gasteiger partial charge >= 0.3 is 0 Å². The molecule has 1 amide bonds. The van der Waals surface area contributed by atoms with Gasteiger partial charge in [-0.25, -0.2) is 0 Å². The van der Waals surface area contributed by atoms with E-state index in [1.165, 1.54) is 0 Å². The average Bonchev–Trinajstić information content (AvgIpc) is 3.19. The lowest BCUT2D eigenvalue weighted by atomic mass is 10.3. The highest BCUT2D eigenvalue weighted by Crippen LogP contribution is 2.21. The second-order valence-electron chi connectivity index (χ2n) is 4.42. The third-order valence-electron chi connectivity index (χ3n) is 2.92. The van der Waals surface area contributed by atoms with Crippen molar-refractivity contribution in [3.63, 3.8) is 0 Å². The summed E-state index contributed by atoms with van der Waals surface area (Å²) in [5.41, 5.74) is 0. The van der Waals surface area contributed by atoms with E-state index in [0.717, 1.165) is 9.75 Å². The highest BCUT2D eigenvalue weighted by molar-refractivity contribution is 9.10. The summed E-state index contributed by atoms with van der Waals surface area (Å²) in [4.78, 5) is 16.8. The van der Waals surface area contributed by atoms with E-state index in [2.05, 4.69) is 15.9 Å². The van der Waals surface area contributed by atoms with Crippen LogP contribution in [0.4, 0.5) is 0 Å². The molecule has 0 spiro atoms. The fraction of sp³-hybridized carbons (Fsp3) is 0.133. The number of hydrogen-bond donors (Lipinski definition) is 0. The van der Waals surface area contributed by atoms with E-state index in [1.807, 2.05) is 39.9 Å². The van der Waals surface area contributed by atoms with Crippen molar-refractivity contribution in [1.29, 1.82) is 0 Å². The molecule has 0 unspecified atom stereocenters. The van der Waals surface area contributed by atoms with Crippen LogP contribution in [0.25, 0.3) is 0 Å². The Balaban J connectivity index is 1.82. The second kappa shape index (κ2) is 6.60. The number of thiophene rings is 2. The van der Waals surface area contributed by atoms with Gasteiger partial charge in [0.25, 0.3) is 5.91 Å². The van der Waals surface area contributed by atoms with Crippen LogP contribution in [0.15, 0.2) is 56.2 Å². The zero-order valence-electron chi connectivity index (χ0n) is 11.0. The number of furan rings is 1. The SMILES string of the molecule is O=C(c1ccc(Br)o1)N(Cc1cccs1)Cc1cccs1. The molecular formula is C15H12BrNO2S2. The average molecular weight is 382 g/mol. The van der Waals surface area contributed by atoms with Crippen LogP contribution in [-0.4, -0.2) is 10.8 Å². The third kappa shape index (κ3) is 3.64. The van der Waals surface area contributed by atoms with Crippen molar-refractivity contribution in [2.45, 2.75) is 13.1 Å². The number of rotatable bonds is 5. The molecule has 21 heavy (non-hydrogen) atoms. The lowest BCUT2D eigenvalue weighted by Crippen LogP contribution is -2.29. The minimum Gasteiger partial charge on any atom is -0.444 e. The fourth-order valence-electron chi connectivity index (χ4n) is 1.97. The van der Waals surface area contributed by atoms with Gasteiger partial charge in [0.05, 0.1) is 13.1 Å². The first kappa shape index (κ1) is 14.6. The molecule has 3 aromatic rings. The van der Waals surface area contributed by atoms with Gasteiger partial charge in [-0.2, -0.15) is 0 Å². The number of carbonyl (C=O) groups is 1. The largest absolute Gasteiger partial charge is 0.444 e. The smallest absolute Gasteiger partial charge is 0.290 e. The predicted molar refractivity (Wildman–Crippen MR) is 88.6 cm³/mol. The minimum atomic E-state index is -0.0949. The molecule has 6 heteroatoms. The lowest BCUT2D eigenvalue weighted by Gasteiger charge is -2.20. The quantitative estimate of drug-likeness (QED) is 0.622. The van der Waals surface area contributed by atoms with Crippen LogP contribution in [0.1, 0.15) is 20.3 Å². The zero-order valence-corrected chi connectivity index (χ0v) is 14.2. The van der Waals surface area contributed by atoms with E-state index >= 15 is 0 Å². The van der Waals surface area contributed by atoms with Crippen molar-refractivity contribution < 1.29 is 9.21 Å². The molecule has 0 fully saturated rings. The Labute approximate surface area is 139 Å². The van der Waals surface area contributed by atoms with Gasteiger partial charge in [-0.05, 0) is 51.0 Å². The van der Waals surface area contributed by atoms with Gasteiger partial charge in [-0.15, -0.1) is 22.7 Å². The summed E-state index contributed by atoms with van der Waals surface area (Å²) >= 11 is 6.54. The Kier molecular flexibility index (Phi) is 4.57. The van der Waals surface area contributed by atoms with Crippen LogP contribution in [0.3, 0.4) is 0 Å². The van der Waals surface area contributed by atoms with Gasteiger partial charge in [0.15, 0.2) is 10.4 Å². The molecule has 3 nitrogen and oxygen atoms in total. The number of amides is 1. The highest BCUT2D eigenvalue weighted by atomic mass is 79.9. The van der Waals surface area contributed by atoms with Crippen LogP contribution >= 0.6 is 38.6 Å². The molecule has 108 valence electrons. The summed E-state index contributed by atoms with van der Waals surface area (Å²) in [7, 11) is 0. The molecule has 3 aromatic heterocycles. The lowest BCUT2D eigenvalue weighted by molar-refractivity contribution is 0.0699. The molecule has 3 rings (SSSR count). The summed E-state index contributed by atoms with van der Waals surface area (Å²) in [6.07, 6.45) is 0. The Morgan fingerprint density at radius 1 is 1.05 bits per heavy atom. The van der Waals surface area contributed by atoms with Crippen molar-refractivity contribution in [2.75, 3.05) is 0 Å². The monoisotopic (exact) mass is 381 g/mol. The number of halogens is 1. The maximum absolute atomic E-state index is 12.6. The summed E-state index contributed by atoms with van der Waals surface area (Å²) in [5.74, 6) is 0.262. The Hall–Kier alpha value is -1.37. The Bertz CT molecular complexity index is 668. The minimum absolute atomic E-state index is 0.0949. The Morgan fingerprint density at radius 3 is 2.10 bits per heavy atom. The first-order valence-corrected chi connectivity index (χ1v) is 8.87. The number of nitrogens with zero attached hydrogens (tertiary/aromatic N) is 1. The second-order valence-corrected chi connectivity index (χ2v) is 7.27. The van der Waals surface area contributed by atoms with E-state index in [1.54, 1.807) is 34.8 Å². The summed E-state index contributed by atoms with van der Waals surface area (Å²) in [5, 5.41) is 4.04. The van der Waals surface area contributed by atoms with Crippen LogP contribution in [0.5, 0.6) is 0 Å². The fourth-order valence-corrected chi connectivity index (χ4v) is 3.71. The molecule has 3 heterocycles. The maximum Gasteiger partial charge on any atom is 0.290 e. The highest BCUT2D eigenvalue weighted by Gasteiger charge is 2.20. The van der Waals surface area contributed by atoms with E-state index in [-0.39, 0.29) is 5.91 Å². The molecule has 0 aliphatic carbocycles. The molecule has 0 atom stereocenters. The summed E-state index contributed by atoms with van der Waals surface area (Å²) < 4.78 is 5.96. The van der Waals surface area contributed by atoms with Crippen molar-refractivity contribution in [1.82, 2.24) is 4.90 Å². The predicted octanol–water partition coefficient (Wildman–Crippen LogP) is 5.01. The van der Waals surface area contributed by atoms with Gasteiger partial charge in [0.1, 0.15) is 0 Å². The topological polar surface area (TPSA) is 33.5 Å². The molecule has 0 N–H and O–H groups in total. The van der Waals surface area contributed by atoms with E-state index < -0.39 is 0 Å². The van der Waals surface area contributed by atoms with Crippen molar-refractivity contribution in [3.8, 4) is 0 Å². The summed E-state index contributed by atoms with van der Waals surface area (Å²) in [6, 6.07) is 11.5. The van der Waals surface area contributed by atoms with Gasteiger partial charge in [-0.3, -0.25) is 4.79 Å². The van der Waals surface area contributed by atoms with Gasteiger partial charge < -0.3 is 9.32 Å². The number of hydrogen-bond acceptors (Lipinski definition) is 4. The van der Waals surface area contributed by atoms with E-state index in [4.69, 9.17) is 4.42 Å². The molecule has 0 bridgehead atoms. The third-order valence-corrected chi connectivity index (χ3v) is 5.07. The first-order chi connectivity index (χ1) is 10.2. The molecule has 0 aliphatic rings. The Morgan fingerprint density at radius 2 is 1.67 bits per heavy atom. The molecule has 0 aromatic carbocycles. The van der Waals surface area contributed by atoms with Crippen molar-refractivity contribution >= 4 is 44.5 Å². The van der Waals surface area contributed by atoms with E-state index in [0.29, 0.717) is 23.5 Å². The molecule has 0 radical (unpaired) electrons. The summed E-state index contributed by atoms with van der Waals surface area (Å²) in [6.45, 7) is 1.18. The first-order valence-electron chi connectivity index (χ1n) is 6.32. The molecule has 0 aliphatic heterocycles. The van der Waals surface area contributed by atoms with Gasteiger partial charge in [0, 0.05) is 9.75 Å². The van der Waals surface area contributed by atoms with Crippen molar-refractivity contribution in [3.05, 3.63) is 67.3 Å². The normalized spacial score (nSPS) is 10.7. The van der Waals surface area contributed by atoms with Crippen LogP contribution in [-0.2, 0) is 13.1 Å². The van der Waals surface area contributed by atoms with Gasteiger partial charge in [0.2, 0.25) is 0 Å². The van der Waals surface area contributed by atoms with Crippen LogP contribution in [0, 0.1) is 0 Å². The number of carbonyl (C=O) groups excluding carboxylic acids is 1. The van der Waals surface area contributed by atoms with Crippen LogP contribution in [0.2, 0.25) is 0 Å². The zero-order chi connectivity index (χ0) is 14.7. The molecule has 0 saturated heterocycles. The molecular weight excluding hydrogens is 370 g/mol. The van der Waals surface area contributed by atoms with Crippen molar-refractivity contribution in [2.24, 2.45) is 0 Å². The van der Waals surface area contributed by atoms with Crippen LogP contribution < -0.4 is 0 Å².